The molecule has 0 aliphatic heterocycles. The molecule has 2 atom stereocenters. The van der Waals surface area contributed by atoms with Gasteiger partial charge in [-0.2, -0.15) is 0 Å². The van der Waals surface area contributed by atoms with Crippen LogP contribution in [0.5, 0.6) is 0 Å². The zero-order valence-corrected chi connectivity index (χ0v) is 20.5. The summed E-state index contributed by atoms with van der Waals surface area (Å²) in [7, 11) is 0. The molecule has 0 saturated carbocycles. The van der Waals surface area contributed by atoms with E-state index in [2.05, 4.69) is 42.2 Å². The summed E-state index contributed by atoms with van der Waals surface area (Å²) in [4.78, 5) is 25.9. The third-order valence-corrected chi connectivity index (χ3v) is 5.06. The number of carboxylic acids is 1. The van der Waals surface area contributed by atoms with Gasteiger partial charge in [-0.25, -0.2) is 13.8 Å². The molecule has 1 aromatic carbocycles. The van der Waals surface area contributed by atoms with Crippen LogP contribution in [-0.4, -0.2) is 28.0 Å². The topological polar surface area (TPSA) is 105 Å². The quantitative estimate of drug-likeness (QED) is 0.421. The average molecular weight is 565 g/mol. The Morgan fingerprint density at radius 1 is 1.16 bits per heavy atom. The number of hydrogen-bond acceptors (Lipinski definition) is 4. The minimum atomic E-state index is -0.913. The van der Waals surface area contributed by atoms with Crippen molar-refractivity contribution in [3.63, 3.8) is 0 Å². The smallest absolute Gasteiger partial charge is 0.320 e. The highest BCUT2D eigenvalue weighted by molar-refractivity contribution is 9.11. The summed E-state index contributed by atoms with van der Waals surface area (Å²) >= 11 is 6.66. The van der Waals surface area contributed by atoms with Gasteiger partial charge in [0.1, 0.15) is 22.3 Å². The molecule has 0 bridgehead atoms. The molecule has 170 valence electrons. The van der Waals surface area contributed by atoms with E-state index in [9.17, 15) is 18.4 Å². The molecule has 6 nitrogen and oxygen atoms in total. The highest BCUT2D eigenvalue weighted by Gasteiger charge is 2.19. The molecule has 0 radical (unpaired) electrons. The lowest BCUT2D eigenvalue weighted by Gasteiger charge is -2.19. The summed E-state index contributed by atoms with van der Waals surface area (Å²) in [6.07, 6.45) is 0.769. The summed E-state index contributed by atoms with van der Waals surface area (Å²) in [5.41, 5.74) is 6.23. The Morgan fingerprint density at radius 2 is 1.74 bits per heavy atom. The van der Waals surface area contributed by atoms with Crippen LogP contribution in [0.15, 0.2) is 39.4 Å². The van der Waals surface area contributed by atoms with Crippen molar-refractivity contribution in [1.29, 1.82) is 0 Å². The molecule has 0 saturated heterocycles. The largest absolute Gasteiger partial charge is 0.480 e. The number of rotatable bonds is 7. The number of aliphatic carboxylic acids is 1. The van der Waals surface area contributed by atoms with Crippen LogP contribution in [0.3, 0.4) is 0 Å². The van der Waals surface area contributed by atoms with Crippen LogP contribution in [0.1, 0.15) is 44.5 Å². The molecule has 2 rings (SSSR count). The summed E-state index contributed by atoms with van der Waals surface area (Å²) < 4.78 is 28.0. The van der Waals surface area contributed by atoms with Crippen molar-refractivity contribution in [1.82, 2.24) is 10.3 Å². The molecule has 10 heteroatoms. The number of halogens is 4. The van der Waals surface area contributed by atoms with Crippen LogP contribution in [0.4, 0.5) is 8.78 Å². The van der Waals surface area contributed by atoms with Crippen molar-refractivity contribution >= 4 is 43.7 Å². The Balaban J connectivity index is 0.000000452. The van der Waals surface area contributed by atoms with E-state index >= 15 is 0 Å². The van der Waals surface area contributed by atoms with Crippen LogP contribution in [0.25, 0.3) is 0 Å². The summed E-state index contributed by atoms with van der Waals surface area (Å²) in [5, 5.41) is 11.1. The van der Waals surface area contributed by atoms with Crippen molar-refractivity contribution < 1.29 is 23.5 Å². The number of nitrogens with two attached hydrogens (primary N) is 1. The van der Waals surface area contributed by atoms with E-state index in [4.69, 9.17) is 10.8 Å². The lowest BCUT2D eigenvalue weighted by molar-refractivity contribution is -0.138. The molecule has 2 aromatic rings. The number of amides is 1. The molecule has 1 amide bonds. The van der Waals surface area contributed by atoms with Gasteiger partial charge in [-0.3, -0.25) is 9.59 Å². The number of aromatic nitrogens is 1. The van der Waals surface area contributed by atoms with Gasteiger partial charge >= 0.3 is 5.97 Å². The van der Waals surface area contributed by atoms with Crippen LogP contribution < -0.4 is 11.1 Å². The fraction of sp³-hybridized carbons (Fsp3) is 0.381. The van der Waals surface area contributed by atoms with Gasteiger partial charge in [0, 0.05) is 17.5 Å². The minimum Gasteiger partial charge on any atom is -0.480 e. The second-order valence-electron chi connectivity index (χ2n) is 7.31. The lowest BCUT2D eigenvalue weighted by atomic mass is 10.0. The van der Waals surface area contributed by atoms with Crippen molar-refractivity contribution in [3.05, 3.63) is 62.3 Å². The zero-order chi connectivity index (χ0) is 23.7. The van der Waals surface area contributed by atoms with E-state index < -0.39 is 29.7 Å². The Bertz CT molecular complexity index is 893. The second kappa shape index (κ2) is 12.8. The van der Waals surface area contributed by atoms with Crippen molar-refractivity contribution in [2.24, 2.45) is 11.7 Å². The minimum absolute atomic E-state index is 0.219. The zero-order valence-electron chi connectivity index (χ0n) is 17.3. The molecule has 0 aliphatic rings. The standard InChI is InChI=1S/C15H12Br2F2N2O.C6H13NO2/c1-8(22)20-13(15-12(16)2-3-14(17)21-15)6-9-4-10(18)7-11(19)5-9;1-4(2)3-5(7)6(8)9/h2-5,7,13H,6H2,1H3,(H,20,22);4-5H,3,7H2,1-2H3,(H,8,9)/t13-;5-/m01/s1. The number of benzene rings is 1. The predicted molar refractivity (Wildman–Crippen MR) is 121 cm³/mol. The van der Waals surface area contributed by atoms with Crippen molar-refractivity contribution in [2.45, 2.75) is 45.7 Å². The van der Waals surface area contributed by atoms with Crippen LogP contribution in [0, 0.1) is 17.6 Å². The maximum Gasteiger partial charge on any atom is 0.320 e. The number of carbonyl (C=O) groups excluding carboxylic acids is 1. The van der Waals surface area contributed by atoms with Crippen LogP contribution >= 0.6 is 31.9 Å². The average Bonchev–Trinajstić information content (AvgIpc) is 2.62. The third kappa shape index (κ3) is 10.3. The fourth-order valence-corrected chi connectivity index (χ4v) is 3.53. The van der Waals surface area contributed by atoms with Crippen LogP contribution in [-0.2, 0) is 16.0 Å². The van der Waals surface area contributed by atoms with Gasteiger partial charge in [0.15, 0.2) is 0 Å². The first-order valence-electron chi connectivity index (χ1n) is 9.41. The van der Waals surface area contributed by atoms with Gasteiger partial charge in [0.05, 0.1) is 11.7 Å². The van der Waals surface area contributed by atoms with Gasteiger partial charge in [-0.1, -0.05) is 13.8 Å². The number of carbonyl (C=O) groups is 2. The molecule has 0 spiro atoms. The summed E-state index contributed by atoms with van der Waals surface area (Å²) in [6.45, 7) is 5.27. The van der Waals surface area contributed by atoms with E-state index in [1.807, 2.05) is 13.8 Å². The number of pyridine rings is 1. The van der Waals surface area contributed by atoms with Gasteiger partial charge < -0.3 is 16.2 Å². The van der Waals surface area contributed by atoms with Gasteiger partial charge in [-0.05, 0) is 80.4 Å². The second-order valence-corrected chi connectivity index (χ2v) is 8.98. The Labute approximate surface area is 196 Å². The molecule has 4 N–H and O–H groups in total. The van der Waals surface area contributed by atoms with Crippen LogP contribution in [0.2, 0.25) is 0 Å². The Morgan fingerprint density at radius 3 is 2.19 bits per heavy atom. The summed E-state index contributed by atoms with van der Waals surface area (Å²) in [5.74, 6) is -2.12. The Kier molecular flexibility index (Phi) is 11.2. The molecule has 0 fully saturated rings. The molecular formula is C21H25Br2F2N3O3. The number of nitrogens with zero attached hydrogens (tertiary/aromatic N) is 1. The highest BCUT2D eigenvalue weighted by Crippen LogP contribution is 2.27. The van der Waals surface area contributed by atoms with Crippen molar-refractivity contribution in [2.75, 3.05) is 0 Å². The van der Waals surface area contributed by atoms with E-state index in [1.54, 1.807) is 12.1 Å². The third-order valence-electron chi connectivity index (χ3n) is 3.95. The first kappa shape index (κ1) is 27.1. The molecular weight excluding hydrogens is 540 g/mol. The predicted octanol–water partition coefficient (Wildman–Crippen LogP) is 4.75. The highest BCUT2D eigenvalue weighted by atomic mass is 79.9. The van der Waals surface area contributed by atoms with Gasteiger partial charge in [0.25, 0.3) is 0 Å². The normalized spacial score (nSPS) is 12.5. The summed E-state index contributed by atoms with van der Waals surface area (Å²) in [6, 6.07) is 5.63. The number of nitrogens with one attached hydrogen (secondary N) is 1. The number of hydrogen-bond donors (Lipinski definition) is 3. The van der Waals surface area contributed by atoms with Gasteiger partial charge in [-0.15, -0.1) is 0 Å². The first-order valence-corrected chi connectivity index (χ1v) is 11.0. The Hall–Kier alpha value is -1.91. The molecule has 0 aliphatic carbocycles. The molecule has 1 heterocycles. The van der Waals surface area contributed by atoms with E-state index in [-0.39, 0.29) is 12.3 Å². The lowest BCUT2D eigenvalue weighted by Crippen LogP contribution is -2.31. The maximum atomic E-state index is 13.3. The maximum absolute atomic E-state index is 13.3. The molecule has 31 heavy (non-hydrogen) atoms. The van der Waals surface area contributed by atoms with Crippen molar-refractivity contribution in [3.8, 4) is 0 Å². The van der Waals surface area contributed by atoms with E-state index in [0.29, 0.717) is 32.7 Å². The molecule has 1 aromatic heterocycles. The van der Waals surface area contributed by atoms with E-state index in [0.717, 1.165) is 6.07 Å². The van der Waals surface area contributed by atoms with E-state index in [1.165, 1.54) is 19.1 Å². The van der Waals surface area contributed by atoms with Gasteiger partial charge in [0.2, 0.25) is 5.91 Å². The SMILES string of the molecule is CC(=O)N[C@@H](Cc1cc(F)cc(F)c1)c1nc(Br)ccc1Br.CC(C)C[C@@H](N)C(=O)O. The molecule has 0 unspecified atom stereocenters. The first-order chi connectivity index (χ1) is 14.4. The number of carboxylic acid groups (broad SMARTS) is 1. The monoisotopic (exact) mass is 563 g/mol. The fourth-order valence-electron chi connectivity index (χ4n) is 2.71.